The molecule has 0 spiro atoms. The number of hydrogen-bond acceptors (Lipinski definition) is 3. The van der Waals surface area contributed by atoms with Crippen LogP contribution in [-0.4, -0.2) is 37.6 Å². The van der Waals surface area contributed by atoms with Gasteiger partial charge in [-0.15, -0.1) is 0 Å². The molecule has 2 aliphatic heterocycles. The van der Waals surface area contributed by atoms with Crippen molar-refractivity contribution in [1.29, 1.82) is 0 Å². The fourth-order valence-electron chi connectivity index (χ4n) is 2.82. The lowest BCUT2D eigenvalue weighted by molar-refractivity contribution is -0.128. The number of likely N-dealkylation sites (tertiary alicyclic amines) is 1. The van der Waals surface area contributed by atoms with Crippen LogP contribution >= 0.6 is 0 Å². The molecule has 4 heteroatoms. The smallest absolute Gasteiger partial charge is 0.253 e. The third-order valence-corrected chi connectivity index (χ3v) is 4.28. The van der Waals surface area contributed by atoms with Gasteiger partial charge in [0.15, 0.2) is 0 Å². The summed E-state index contributed by atoms with van der Waals surface area (Å²) in [7, 11) is 1.64. The lowest BCUT2D eigenvalue weighted by atomic mass is 9.98. The Hall–Kier alpha value is -1.97. The maximum Gasteiger partial charge on any atom is 0.253 e. The minimum atomic E-state index is 0.107. The summed E-state index contributed by atoms with van der Waals surface area (Å²) in [5, 5.41) is 0. The van der Waals surface area contributed by atoms with Gasteiger partial charge in [-0.25, -0.2) is 0 Å². The summed E-state index contributed by atoms with van der Waals surface area (Å²) in [5.74, 6) is 2.40. The molecular formula is C17H21NO3. The number of methoxy groups -OCH3 is 1. The van der Waals surface area contributed by atoms with Gasteiger partial charge in [-0.3, -0.25) is 4.79 Å². The standard InChI is InChI=1S/C17H21NO3/c1-12-5-7-18(8-6-12)17(19)14-9-13-10-15(20-2)3-4-16(13)21-11-14/h3-4,9-10,12H,5-8,11H2,1-2H3. The Morgan fingerprint density at radius 3 is 2.81 bits per heavy atom. The van der Waals surface area contributed by atoms with Gasteiger partial charge in [-0.05, 0) is 43.0 Å². The largest absolute Gasteiger partial charge is 0.497 e. The van der Waals surface area contributed by atoms with E-state index in [1.165, 1.54) is 0 Å². The monoisotopic (exact) mass is 287 g/mol. The first-order chi connectivity index (χ1) is 10.2. The first-order valence-corrected chi connectivity index (χ1v) is 7.48. The minimum Gasteiger partial charge on any atom is -0.497 e. The van der Waals surface area contributed by atoms with E-state index in [0.717, 1.165) is 54.5 Å². The second kappa shape index (κ2) is 5.80. The molecule has 112 valence electrons. The van der Waals surface area contributed by atoms with Gasteiger partial charge in [0.05, 0.1) is 12.7 Å². The fourth-order valence-corrected chi connectivity index (χ4v) is 2.82. The van der Waals surface area contributed by atoms with Crippen molar-refractivity contribution in [3.05, 3.63) is 29.3 Å². The number of carbonyl (C=O) groups is 1. The van der Waals surface area contributed by atoms with Crippen molar-refractivity contribution in [3.8, 4) is 11.5 Å². The summed E-state index contributed by atoms with van der Waals surface area (Å²) in [4.78, 5) is 14.5. The molecule has 1 aromatic rings. The van der Waals surface area contributed by atoms with Crippen LogP contribution in [0.3, 0.4) is 0 Å². The Balaban J connectivity index is 1.79. The number of fused-ring (bicyclic) bond motifs is 1. The zero-order valence-electron chi connectivity index (χ0n) is 12.6. The number of rotatable bonds is 2. The third-order valence-electron chi connectivity index (χ3n) is 4.28. The third kappa shape index (κ3) is 2.89. The molecule has 1 saturated heterocycles. The summed E-state index contributed by atoms with van der Waals surface area (Å²) >= 11 is 0. The highest BCUT2D eigenvalue weighted by Gasteiger charge is 2.25. The number of hydrogen-bond donors (Lipinski definition) is 0. The highest BCUT2D eigenvalue weighted by atomic mass is 16.5. The molecule has 2 heterocycles. The molecule has 0 aromatic heterocycles. The maximum absolute atomic E-state index is 12.6. The van der Waals surface area contributed by atoms with Crippen LogP contribution in [-0.2, 0) is 4.79 Å². The molecule has 21 heavy (non-hydrogen) atoms. The molecule has 0 aliphatic carbocycles. The van der Waals surface area contributed by atoms with Crippen LogP contribution < -0.4 is 9.47 Å². The van der Waals surface area contributed by atoms with Crippen LogP contribution in [0.2, 0.25) is 0 Å². The van der Waals surface area contributed by atoms with Crippen LogP contribution in [0.5, 0.6) is 11.5 Å². The second-order valence-corrected chi connectivity index (χ2v) is 5.84. The zero-order chi connectivity index (χ0) is 14.8. The average molecular weight is 287 g/mol. The van der Waals surface area contributed by atoms with E-state index >= 15 is 0 Å². The maximum atomic E-state index is 12.6. The van der Waals surface area contributed by atoms with Crippen molar-refractivity contribution in [3.63, 3.8) is 0 Å². The molecule has 1 amide bonds. The number of ether oxygens (including phenoxy) is 2. The van der Waals surface area contributed by atoms with Gasteiger partial charge >= 0.3 is 0 Å². The molecule has 0 radical (unpaired) electrons. The molecule has 4 nitrogen and oxygen atoms in total. The number of carbonyl (C=O) groups excluding carboxylic acids is 1. The van der Waals surface area contributed by atoms with Crippen molar-refractivity contribution in [2.24, 2.45) is 5.92 Å². The van der Waals surface area contributed by atoms with Crippen molar-refractivity contribution in [1.82, 2.24) is 4.90 Å². The normalized spacial score (nSPS) is 18.6. The first kappa shape index (κ1) is 14.0. The Morgan fingerprint density at radius 2 is 2.10 bits per heavy atom. The van der Waals surface area contributed by atoms with Gasteiger partial charge in [0.25, 0.3) is 5.91 Å². The zero-order valence-corrected chi connectivity index (χ0v) is 12.6. The van der Waals surface area contributed by atoms with Crippen LogP contribution in [0.25, 0.3) is 6.08 Å². The van der Waals surface area contributed by atoms with E-state index in [1.807, 2.05) is 29.2 Å². The molecule has 0 saturated carbocycles. The highest BCUT2D eigenvalue weighted by molar-refractivity contribution is 5.99. The van der Waals surface area contributed by atoms with Crippen molar-refractivity contribution < 1.29 is 14.3 Å². The highest BCUT2D eigenvalue weighted by Crippen LogP contribution is 2.30. The first-order valence-electron chi connectivity index (χ1n) is 7.48. The van der Waals surface area contributed by atoms with Gasteiger partial charge in [-0.2, -0.15) is 0 Å². The van der Waals surface area contributed by atoms with Crippen LogP contribution in [0, 0.1) is 5.92 Å². The van der Waals surface area contributed by atoms with E-state index in [0.29, 0.717) is 6.61 Å². The van der Waals surface area contributed by atoms with E-state index < -0.39 is 0 Å². The summed E-state index contributed by atoms with van der Waals surface area (Å²) in [5.41, 5.74) is 1.64. The predicted molar refractivity (Wildman–Crippen MR) is 81.4 cm³/mol. The van der Waals surface area contributed by atoms with Gasteiger partial charge in [0.1, 0.15) is 18.1 Å². The molecular weight excluding hydrogens is 266 g/mol. The lowest BCUT2D eigenvalue weighted by Crippen LogP contribution is -2.39. The van der Waals surface area contributed by atoms with Crippen molar-refractivity contribution >= 4 is 12.0 Å². The molecule has 1 aromatic carbocycles. The molecule has 3 rings (SSSR count). The van der Waals surface area contributed by atoms with E-state index in [9.17, 15) is 4.79 Å². The number of piperidine rings is 1. The topological polar surface area (TPSA) is 38.8 Å². The predicted octanol–water partition coefficient (Wildman–Crippen LogP) is 2.73. The molecule has 2 aliphatic rings. The minimum absolute atomic E-state index is 0.107. The summed E-state index contributed by atoms with van der Waals surface area (Å²) < 4.78 is 10.9. The lowest BCUT2D eigenvalue weighted by Gasteiger charge is -2.31. The van der Waals surface area contributed by atoms with E-state index in [1.54, 1.807) is 7.11 Å². The molecule has 0 unspecified atom stereocenters. The summed E-state index contributed by atoms with van der Waals surface area (Å²) in [6.07, 6.45) is 4.11. The quantitative estimate of drug-likeness (QED) is 0.839. The molecule has 0 atom stereocenters. The number of nitrogens with zero attached hydrogens (tertiary/aromatic N) is 1. The van der Waals surface area contributed by atoms with Crippen LogP contribution in [0.1, 0.15) is 25.3 Å². The van der Waals surface area contributed by atoms with Gasteiger partial charge in [-0.1, -0.05) is 6.92 Å². The Morgan fingerprint density at radius 1 is 1.33 bits per heavy atom. The summed E-state index contributed by atoms with van der Waals surface area (Å²) in [6, 6.07) is 5.65. The van der Waals surface area contributed by atoms with E-state index in [2.05, 4.69) is 6.92 Å². The van der Waals surface area contributed by atoms with Crippen molar-refractivity contribution in [2.45, 2.75) is 19.8 Å². The Labute approximate surface area is 125 Å². The number of benzene rings is 1. The Bertz CT molecular complexity index is 571. The van der Waals surface area contributed by atoms with E-state index in [-0.39, 0.29) is 5.91 Å². The SMILES string of the molecule is COc1ccc2c(c1)C=C(C(=O)N1CCC(C)CC1)CO2. The van der Waals surface area contributed by atoms with E-state index in [4.69, 9.17) is 9.47 Å². The second-order valence-electron chi connectivity index (χ2n) is 5.84. The van der Waals surface area contributed by atoms with Crippen molar-refractivity contribution in [2.75, 3.05) is 26.8 Å². The van der Waals surface area contributed by atoms with Gasteiger partial charge in [0.2, 0.25) is 0 Å². The average Bonchev–Trinajstić information content (AvgIpc) is 2.53. The number of amides is 1. The molecule has 0 bridgehead atoms. The van der Waals surface area contributed by atoms with Gasteiger partial charge < -0.3 is 14.4 Å². The molecule has 0 N–H and O–H groups in total. The van der Waals surface area contributed by atoms with Crippen LogP contribution in [0.4, 0.5) is 0 Å². The Kier molecular flexibility index (Phi) is 3.86. The summed E-state index contributed by atoms with van der Waals surface area (Å²) in [6.45, 7) is 4.29. The van der Waals surface area contributed by atoms with Crippen LogP contribution in [0.15, 0.2) is 23.8 Å². The van der Waals surface area contributed by atoms with Gasteiger partial charge in [0, 0.05) is 18.7 Å². The molecule has 1 fully saturated rings. The fraction of sp³-hybridized carbons (Fsp3) is 0.471.